The second kappa shape index (κ2) is 11.1. The van der Waals surface area contributed by atoms with Crippen molar-refractivity contribution in [3.63, 3.8) is 0 Å². The van der Waals surface area contributed by atoms with E-state index in [0.717, 1.165) is 69.3 Å². The highest BCUT2D eigenvalue weighted by Gasteiger charge is 2.27. The largest absolute Gasteiger partial charge is 0.357 e. The van der Waals surface area contributed by atoms with Gasteiger partial charge in [0.05, 0.1) is 5.75 Å². The molecule has 0 spiro atoms. The topological polar surface area (TPSA) is 105 Å². The molecule has 3 rings (SSSR count). The first kappa shape index (κ1) is 23.0. The smallest absolute Gasteiger partial charge is 0.213 e. The molecular weight excluding hydrogens is 402 g/mol. The molecule has 0 aliphatic carbocycles. The Morgan fingerprint density at radius 2 is 1.93 bits per heavy atom. The minimum Gasteiger partial charge on any atom is -0.357 e. The highest BCUT2D eigenvalue weighted by atomic mass is 32.2. The van der Waals surface area contributed by atoms with Crippen molar-refractivity contribution in [3.05, 3.63) is 11.6 Å². The number of guanidine groups is 1. The maximum absolute atomic E-state index is 12.0. The number of aliphatic imine (C=N–C) groups is 1. The number of nitrogens with zero attached hydrogens (tertiary/aromatic N) is 5. The number of aryl methyl sites for hydroxylation is 2. The molecule has 0 bridgehead atoms. The highest BCUT2D eigenvalue weighted by molar-refractivity contribution is 7.89. The van der Waals surface area contributed by atoms with Crippen molar-refractivity contribution in [1.82, 2.24) is 29.7 Å². The fourth-order valence-corrected chi connectivity index (χ4v) is 5.26. The van der Waals surface area contributed by atoms with Gasteiger partial charge in [-0.15, -0.1) is 10.2 Å². The van der Waals surface area contributed by atoms with Gasteiger partial charge in [-0.1, -0.05) is 6.42 Å². The zero-order chi connectivity index (χ0) is 21.4. The number of rotatable bonds is 8. The molecule has 170 valence electrons. The average Bonchev–Trinajstić information content (AvgIpc) is 2.97. The molecule has 1 aromatic heterocycles. The van der Waals surface area contributed by atoms with Crippen LogP contribution in [0.2, 0.25) is 0 Å². The fraction of sp³-hybridized carbons (Fsp3) is 0.850. The van der Waals surface area contributed by atoms with E-state index in [1.54, 1.807) is 11.2 Å². The van der Waals surface area contributed by atoms with Crippen molar-refractivity contribution in [2.24, 2.45) is 4.99 Å². The van der Waals surface area contributed by atoms with E-state index in [1.165, 1.54) is 19.3 Å². The Bertz CT molecular complexity index is 798. The first-order chi connectivity index (χ1) is 14.5. The van der Waals surface area contributed by atoms with Crippen LogP contribution >= 0.6 is 0 Å². The molecule has 3 heterocycles. The molecule has 9 nitrogen and oxygen atoms in total. The summed E-state index contributed by atoms with van der Waals surface area (Å²) in [6, 6.07) is 0.248. The van der Waals surface area contributed by atoms with Gasteiger partial charge in [-0.2, -0.15) is 0 Å². The summed E-state index contributed by atoms with van der Waals surface area (Å²) < 4.78 is 28.0. The van der Waals surface area contributed by atoms with Crippen molar-refractivity contribution in [2.45, 2.75) is 77.8 Å². The first-order valence-corrected chi connectivity index (χ1v) is 13.1. The maximum atomic E-state index is 12.0. The molecule has 0 radical (unpaired) electrons. The van der Waals surface area contributed by atoms with Gasteiger partial charge in [-0.3, -0.25) is 4.99 Å². The van der Waals surface area contributed by atoms with Crippen LogP contribution in [0.3, 0.4) is 0 Å². The minimum absolute atomic E-state index is 0.171. The molecule has 0 unspecified atom stereocenters. The second-order valence-corrected chi connectivity index (χ2v) is 10.3. The summed E-state index contributed by atoms with van der Waals surface area (Å²) in [5.41, 5.74) is 0. The summed E-state index contributed by atoms with van der Waals surface area (Å²) in [5.74, 6) is 3.21. The van der Waals surface area contributed by atoms with Crippen LogP contribution < -0.4 is 10.6 Å². The molecule has 0 saturated carbocycles. The van der Waals surface area contributed by atoms with E-state index >= 15 is 0 Å². The van der Waals surface area contributed by atoms with Gasteiger partial charge >= 0.3 is 0 Å². The third-order valence-corrected chi connectivity index (χ3v) is 7.79. The van der Waals surface area contributed by atoms with Gasteiger partial charge < -0.3 is 15.2 Å². The lowest BCUT2D eigenvalue weighted by Crippen LogP contribution is -2.50. The summed E-state index contributed by atoms with van der Waals surface area (Å²) in [5, 5.41) is 15.6. The lowest BCUT2D eigenvalue weighted by Gasteiger charge is -2.32. The van der Waals surface area contributed by atoms with Gasteiger partial charge in [0, 0.05) is 51.6 Å². The van der Waals surface area contributed by atoms with E-state index in [0.29, 0.717) is 13.1 Å². The number of piperidine rings is 1. The predicted octanol–water partition coefficient (Wildman–Crippen LogP) is 1.31. The van der Waals surface area contributed by atoms with Crippen molar-refractivity contribution >= 4 is 16.0 Å². The number of nitrogens with one attached hydrogen (secondary N) is 2. The average molecular weight is 440 g/mol. The minimum atomic E-state index is -3.08. The Morgan fingerprint density at radius 3 is 2.67 bits per heavy atom. The van der Waals surface area contributed by atoms with Crippen LogP contribution in [0.15, 0.2) is 4.99 Å². The van der Waals surface area contributed by atoms with Crippen LogP contribution in [0.4, 0.5) is 0 Å². The van der Waals surface area contributed by atoms with E-state index in [9.17, 15) is 8.42 Å². The summed E-state index contributed by atoms with van der Waals surface area (Å²) in [6.45, 7) is 7.47. The molecule has 10 heteroatoms. The Morgan fingerprint density at radius 1 is 1.13 bits per heavy atom. The Kier molecular flexibility index (Phi) is 8.50. The Hall–Kier alpha value is -1.68. The molecular formula is C20H37N7O2S. The molecule has 0 aromatic carbocycles. The van der Waals surface area contributed by atoms with Crippen molar-refractivity contribution in [2.75, 3.05) is 31.9 Å². The number of fused-ring (bicyclic) bond motifs is 1. The molecule has 2 N–H and O–H groups in total. The SMILES string of the molecule is CCNC(=NCCCc1nnc2n1CCCCC2)NC1CCN(S(=O)(=O)CC)CC1. The van der Waals surface area contributed by atoms with E-state index in [1.807, 2.05) is 0 Å². The van der Waals surface area contributed by atoms with Crippen LogP contribution in [0.25, 0.3) is 0 Å². The van der Waals surface area contributed by atoms with Crippen LogP contribution in [0.1, 0.15) is 64.0 Å². The molecule has 0 amide bonds. The maximum Gasteiger partial charge on any atom is 0.213 e. The molecule has 2 aliphatic rings. The monoisotopic (exact) mass is 439 g/mol. The number of sulfonamides is 1. The normalized spacial score (nSPS) is 19.3. The van der Waals surface area contributed by atoms with Crippen LogP contribution in [-0.2, 0) is 29.4 Å². The lowest BCUT2D eigenvalue weighted by atomic mass is 10.1. The second-order valence-electron chi connectivity index (χ2n) is 8.08. The van der Waals surface area contributed by atoms with Gasteiger partial charge in [0.2, 0.25) is 10.0 Å². The van der Waals surface area contributed by atoms with Gasteiger partial charge in [0.25, 0.3) is 0 Å². The van der Waals surface area contributed by atoms with E-state index in [4.69, 9.17) is 4.99 Å². The Balaban J connectivity index is 1.47. The zero-order valence-electron chi connectivity index (χ0n) is 18.4. The van der Waals surface area contributed by atoms with Crippen LogP contribution in [0.5, 0.6) is 0 Å². The third-order valence-electron chi connectivity index (χ3n) is 5.91. The van der Waals surface area contributed by atoms with E-state index in [2.05, 4.69) is 32.3 Å². The summed E-state index contributed by atoms with van der Waals surface area (Å²) in [6.07, 6.45) is 8.16. The molecule has 1 fully saturated rings. The predicted molar refractivity (Wildman–Crippen MR) is 119 cm³/mol. The van der Waals surface area contributed by atoms with Crippen molar-refractivity contribution < 1.29 is 8.42 Å². The first-order valence-electron chi connectivity index (χ1n) is 11.5. The summed E-state index contributed by atoms with van der Waals surface area (Å²) >= 11 is 0. The van der Waals surface area contributed by atoms with E-state index < -0.39 is 10.0 Å². The lowest BCUT2D eigenvalue weighted by molar-refractivity contribution is 0.306. The highest BCUT2D eigenvalue weighted by Crippen LogP contribution is 2.16. The fourth-order valence-electron chi connectivity index (χ4n) is 4.13. The van der Waals surface area contributed by atoms with Gasteiger partial charge in [-0.05, 0) is 46.0 Å². The Labute approximate surface area is 180 Å². The summed E-state index contributed by atoms with van der Waals surface area (Å²) in [7, 11) is -3.08. The molecule has 1 aromatic rings. The van der Waals surface area contributed by atoms with Gasteiger partial charge in [0.15, 0.2) is 5.96 Å². The molecule has 0 atom stereocenters. The summed E-state index contributed by atoms with van der Waals surface area (Å²) in [4.78, 5) is 4.73. The molecule has 1 saturated heterocycles. The van der Waals surface area contributed by atoms with Gasteiger partial charge in [0.1, 0.15) is 11.6 Å². The van der Waals surface area contributed by atoms with Gasteiger partial charge in [-0.25, -0.2) is 12.7 Å². The number of hydrogen-bond acceptors (Lipinski definition) is 5. The zero-order valence-corrected chi connectivity index (χ0v) is 19.3. The molecule has 2 aliphatic heterocycles. The number of aromatic nitrogens is 3. The quantitative estimate of drug-likeness (QED) is 0.359. The van der Waals surface area contributed by atoms with Crippen LogP contribution in [-0.4, -0.2) is 71.4 Å². The van der Waals surface area contributed by atoms with E-state index in [-0.39, 0.29) is 11.8 Å². The molecule has 30 heavy (non-hydrogen) atoms. The third kappa shape index (κ3) is 6.16. The van der Waals surface area contributed by atoms with Crippen molar-refractivity contribution in [1.29, 1.82) is 0 Å². The van der Waals surface area contributed by atoms with Crippen molar-refractivity contribution in [3.8, 4) is 0 Å². The van der Waals surface area contributed by atoms with Crippen LogP contribution in [0, 0.1) is 0 Å². The number of hydrogen-bond donors (Lipinski definition) is 2. The standard InChI is InChI=1S/C20H37N7O2S/c1-3-21-20(23-17-11-15-26(16-12-17)30(28,29)4-2)22-13-8-10-19-25-24-18-9-6-5-7-14-27(18)19/h17H,3-16H2,1-2H3,(H2,21,22,23).